The molecule has 2 amide bonds. The number of carbonyl (C=O) groups is 2. The van der Waals surface area contributed by atoms with E-state index in [2.05, 4.69) is 31.4 Å². The smallest absolute Gasteiger partial charge is 0.255 e. The second-order valence-corrected chi connectivity index (χ2v) is 9.37. The zero-order valence-electron chi connectivity index (χ0n) is 16.6. The molecule has 0 spiro atoms. The predicted octanol–water partition coefficient (Wildman–Crippen LogP) is 6.16. The molecule has 0 saturated carbocycles. The summed E-state index contributed by atoms with van der Waals surface area (Å²) in [4.78, 5) is 26.9. The van der Waals surface area contributed by atoms with Gasteiger partial charge in [0.25, 0.3) is 5.91 Å². The number of anilines is 1. The van der Waals surface area contributed by atoms with Crippen LogP contribution in [0.2, 0.25) is 10.0 Å². The number of rotatable bonds is 8. The van der Waals surface area contributed by atoms with Crippen molar-refractivity contribution in [2.45, 2.75) is 19.8 Å². The van der Waals surface area contributed by atoms with Gasteiger partial charge in [-0.25, -0.2) is 0 Å². The highest BCUT2D eigenvalue weighted by molar-refractivity contribution is 9.10. The average molecular weight is 542 g/mol. The molecule has 0 aliphatic heterocycles. The van der Waals surface area contributed by atoms with Gasteiger partial charge in [0.05, 0.1) is 10.6 Å². The van der Waals surface area contributed by atoms with Gasteiger partial charge in [0.1, 0.15) is 5.01 Å². The number of hydrogen-bond acceptors (Lipinski definition) is 5. The Morgan fingerprint density at radius 2 is 1.94 bits per heavy atom. The Bertz CT molecular complexity index is 1090. The lowest BCUT2D eigenvalue weighted by Gasteiger charge is -2.22. The minimum Gasteiger partial charge on any atom is -0.338 e. The molecule has 3 aromatic rings. The number of halogens is 3. The first kappa shape index (κ1) is 23.7. The average Bonchev–Trinajstić information content (AvgIpc) is 3.19. The molecule has 10 heteroatoms. The molecule has 162 valence electrons. The molecule has 1 heterocycles. The number of aromatic nitrogens is 2. The maximum Gasteiger partial charge on any atom is 0.255 e. The van der Waals surface area contributed by atoms with Gasteiger partial charge in [-0.1, -0.05) is 69.5 Å². The van der Waals surface area contributed by atoms with Gasteiger partial charge >= 0.3 is 0 Å². The SMILES string of the molecule is CCCN(CCC(=O)Nc1nnc(-c2cccc(Br)c2)s1)C(=O)c1ccc(Cl)cc1Cl. The van der Waals surface area contributed by atoms with Crippen molar-refractivity contribution in [2.24, 2.45) is 0 Å². The van der Waals surface area contributed by atoms with Crippen molar-refractivity contribution >= 4 is 67.4 Å². The number of amides is 2. The Labute approximate surface area is 202 Å². The molecule has 0 radical (unpaired) electrons. The van der Waals surface area contributed by atoms with E-state index in [1.165, 1.54) is 17.4 Å². The van der Waals surface area contributed by atoms with E-state index >= 15 is 0 Å². The Morgan fingerprint density at radius 1 is 1.13 bits per heavy atom. The van der Waals surface area contributed by atoms with Crippen LogP contribution in [0.5, 0.6) is 0 Å². The highest BCUT2D eigenvalue weighted by Crippen LogP contribution is 2.28. The fourth-order valence-electron chi connectivity index (χ4n) is 2.85. The Morgan fingerprint density at radius 3 is 2.65 bits per heavy atom. The van der Waals surface area contributed by atoms with E-state index in [-0.39, 0.29) is 29.8 Å². The summed E-state index contributed by atoms with van der Waals surface area (Å²) in [7, 11) is 0. The number of nitrogens with one attached hydrogen (secondary N) is 1. The summed E-state index contributed by atoms with van der Waals surface area (Å²) < 4.78 is 0.937. The van der Waals surface area contributed by atoms with Gasteiger partial charge in [-0.3, -0.25) is 9.59 Å². The molecule has 0 unspecified atom stereocenters. The Kier molecular flexibility index (Phi) is 8.43. The lowest BCUT2D eigenvalue weighted by molar-refractivity contribution is -0.116. The largest absolute Gasteiger partial charge is 0.338 e. The highest BCUT2D eigenvalue weighted by atomic mass is 79.9. The first-order chi connectivity index (χ1) is 14.9. The van der Waals surface area contributed by atoms with Crippen molar-refractivity contribution in [3.63, 3.8) is 0 Å². The maximum atomic E-state index is 12.9. The molecule has 0 fully saturated rings. The van der Waals surface area contributed by atoms with Crippen molar-refractivity contribution in [2.75, 3.05) is 18.4 Å². The van der Waals surface area contributed by atoms with Crippen LogP contribution in [0.3, 0.4) is 0 Å². The normalized spacial score (nSPS) is 10.7. The molecule has 2 aromatic carbocycles. The molecule has 0 bridgehead atoms. The van der Waals surface area contributed by atoms with Crippen LogP contribution in [-0.4, -0.2) is 40.0 Å². The van der Waals surface area contributed by atoms with Crippen LogP contribution in [0.15, 0.2) is 46.9 Å². The van der Waals surface area contributed by atoms with Gasteiger partial charge < -0.3 is 10.2 Å². The zero-order valence-corrected chi connectivity index (χ0v) is 20.5. The summed E-state index contributed by atoms with van der Waals surface area (Å²) in [5.74, 6) is -0.475. The molecule has 0 aliphatic rings. The predicted molar refractivity (Wildman–Crippen MR) is 129 cm³/mol. The van der Waals surface area contributed by atoms with Crippen LogP contribution < -0.4 is 5.32 Å². The van der Waals surface area contributed by atoms with Crippen LogP contribution in [0.1, 0.15) is 30.1 Å². The molecular weight excluding hydrogens is 523 g/mol. The summed E-state index contributed by atoms with van der Waals surface area (Å²) in [6, 6.07) is 12.4. The van der Waals surface area contributed by atoms with Gasteiger partial charge in [0.2, 0.25) is 11.0 Å². The van der Waals surface area contributed by atoms with E-state index in [4.69, 9.17) is 23.2 Å². The van der Waals surface area contributed by atoms with Gasteiger partial charge in [-0.2, -0.15) is 0 Å². The van der Waals surface area contributed by atoms with Crippen molar-refractivity contribution < 1.29 is 9.59 Å². The molecule has 3 rings (SSSR count). The molecular formula is C21H19BrCl2N4O2S. The number of carbonyl (C=O) groups excluding carboxylic acids is 2. The quantitative estimate of drug-likeness (QED) is 0.371. The zero-order chi connectivity index (χ0) is 22.4. The summed E-state index contributed by atoms with van der Waals surface area (Å²) in [6.45, 7) is 2.74. The number of nitrogens with zero attached hydrogens (tertiary/aromatic N) is 3. The van der Waals surface area contributed by atoms with Crippen LogP contribution in [0.4, 0.5) is 5.13 Å². The van der Waals surface area contributed by atoms with Crippen molar-refractivity contribution in [1.29, 1.82) is 0 Å². The van der Waals surface area contributed by atoms with Gasteiger partial charge in [-0.15, -0.1) is 10.2 Å². The first-order valence-electron chi connectivity index (χ1n) is 9.51. The van der Waals surface area contributed by atoms with E-state index in [0.717, 1.165) is 16.5 Å². The van der Waals surface area contributed by atoms with Crippen molar-refractivity contribution in [1.82, 2.24) is 15.1 Å². The standard InChI is InChI=1S/C21H19BrCl2N4O2S/c1-2-9-28(20(30)16-7-6-15(23)12-17(16)24)10-8-18(29)25-21-27-26-19(31-21)13-4-3-5-14(22)11-13/h3-7,11-12H,2,8-10H2,1H3,(H,25,27,29). The minimum absolute atomic E-state index is 0.128. The van der Waals surface area contributed by atoms with E-state index in [0.29, 0.717) is 27.3 Å². The Hall–Kier alpha value is -2.00. The van der Waals surface area contributed by atoms with E-state index < -0.39 is 0 Å². The van der Waals surface area contributed by atoms with Gasteiger partial charge in [0.15, 0.2) is 0 Å². The summed E-state index contributed by atoms with van der Waals surface area (Å²) in [6.07, 6.45) is 0.883. The molecule has 0 atom stereocenters. The van der Waals surface area contributed by atoms with Gasteiger partial charge in [0, 0.05) is 34.6 Å². The van der Waals surface area contributed by atoms with Crippen molar-refractivity contribution in [3.8, 4) is 10.6 Å². The Balaban J connectivity index is 1.61. The lowest BCUT2D eigenvalue weighted by atomic mass is 10.2. The first-order valence-corrected chi connectivity index (χ1v) is 11.9. The summed E-state index contributed by atoms with van der Waals surface area (Å²) >= 11 is 16.8. The van der Waals surface area contributed by atoms with Crippen LogP contribution in [-0.2, 0) is 4.79 Å². The molecule has 31 heavy (non-hydrogen) atoms. The third-order valence-corrected chi connectivity index (χ3v) is 6.22. The number of hydrogen-bond donors (Lipinski definition) is 1. The third kappa shape index (κ3) is 6.49. The van der Waals surface area contributed by atoms with Gasteiger partial charge in [-0.05, 0) is 36.8 Å². The molecule has 0 saturated heterocycles. The van der Waals surface area contributed by atoms with Crippen LogP contribution in [0, 0.1) is 0 Å². The van der Waals surface area contributed by atoms with E-state index in [1.54, 1.807) is 17.0 Å². The molecule has 6 nitrogen and oxygen atoms in total. The molecule has 0 aliphatic carbocycles. The fourth-order valence-corrected chi connectivity index (χ4v) is 4.49. The van der Waals surface area contributed by atoms with E-state index in [9.17, 15) is 9.59 Å². The number of benzene rings is 2. The molecule has 1 aromatic heterocycles. The topological polar surface area (TPSA) is 75.2 Å². The summed E-state index contributed by atoms with van der Waals surface area (Å²) in [5.41, 5.74) is 1.27. The van der Waals surface area contributed by atoms with Crippen LogP contribution >= 0.6 is 50.5 Å². The minimum atomic E-state index is -0.243. The second-order valence-electron chi connectivity index (χ2n) is 6.64. The molecule has 1 N–H and O–H groups in total. The summed E-state index contributed by atoms with van der Waals surface area (Å²) in [5, 5.41) is 12.8. The van der Waals surface area contributed by atoms with Crippen molar-refractivity contribution in [3.05, 3.63) is 62.5 Å². The second kappa shape index (κ2) is 11.0. The fraction of sp³-hybridized carbons (Fsp3) is 0.238. The third-order valence-electron chi connectivity index (χ3n) is 4.29. The van der Waals surface area contributed by atoms with Crippen LogP contribution in [0.25, 0.3) is 10.6 Å². The van der Waals surface area contributed by atoms with E-state index in [1.807, 2.05) is 31.2 Å². The highest BCUT2D eigenvalue weighted by Gasteiger charge is 2.19. The monoisotopic (exact) mass is 540 g/mol. The lowest BCUT2D eigenvalue weighted by Crippen LogP contribution is -2.34. The maximum absolute atomic E-state index is 12.9.